The van der Waals surface area contributed by atoms with Gasteiger partial charge in [0.05, 0.1) is 5.56 Å². The molecule has 2 rings (SSSR count). The molecule has 0 radical (unpaired) electrons. The molecule has 0 aliphatic heterocycles. The lowest BCUT2D eigenvalue weighted by Crippen LogP contribution is -2.13. The lowest BCUT2D eigenvalue weighted by atomic mass is 10.1. The van der Waals surface area contributed by atoms with E-state index in [1.54, 1.807) is 12.1 Å². The van der Waals surface area contributed by atoms with Crippen LogP contribution < -0.4 is 4.74 Å². The van der Waals surface area contributed by atoms with Crippen molar-refractivity contribution in [1.29, 1.82) is 0 Å². The van der Waals surface area contributed by atoms with Crippen molar-refractivity contribution in [3.63, 3.8) is 0 Å². The van der Waals surface area contributed by atoms with Crippen molar-refractivity contribution in [3.8, 4) is 5.75 Å². The SMILES string of the molecule is O=C(Oc1c(F)c(F)c(F)c(F)c1F)c1ccc(CCBr)cc1. The Morgan fingerprint density at radius 1 is 0.870 bits per heavy atom. The van der Waals surface area contributed by atoms with Crippen LogP contribution in [-0.4, -0.2) is 11.3 Å². The lowest BCUT2D eigenvalue weighted by Gasteiger charge is -2.09. The summed E-state index contributed by atoms with van der Waals surface area (Å²) < 4.78 is 70.2. The Hall–Kier alpha value is -1.96. The van der Waals surface area contributed by atoms with Crippen molar-refractivity contribution in [2.45, 2.75) is 6.42 Å². The molecule has 8 heteroatoms. The molecule has 0 unspecified atom stereocenters. The fourth-order valence-corrected chi connectivity index (χ4v) is 2.20. The largest absolute Gasteiger partial charge is 0.416 e. The maximum atomic E-state index is 13.4. The van der Waals surface area contributed by atoms with Crippen LogP contribution in [0.4, 0.5) is 22.0 Å². The van der Waals surface area contributed by atoms with E-state index in [9.17, 15) is 26.7 Å². The zero-order valence-electron chi connectivity index (χ0n) is 11.3. The number of hydrogen-bond donors (Lipinski definition) is 0. The summed E-state index contributed by atoms with van der Waals surface area (Å²) in [7, 11) is 0. The molecule has 0 aliphatic carbocycles. The Balaban J connectivity index is 2.30. The van der Waals surface area contributed by atoms with Gasteiger partial charge in [-0.3, -0.25) is 0 Å². The summed E-state index contributed by atoms with van der Waals surface area (Å²) >= 11 is 3.24. The molecule has 0 heterocycles. The summed E-state index contributed by atoms with van der Waals surface area (Å²) in [5.41, 5.74) is 0.793. The first-order valence-electron chi connectivity index (χ1n) is 6.25. The summed E-state index contributed by atoms with van der Waals surface area (Å²) in [5.74, 6) is -14.0. The predicted molar refractivity (Wildman–Crippen MR) is 75.1 cm³/mol. The summed E-state index contributed by atoms with van der Waals surface area (Å²) in [6, 6.07) is 5.81. The normalized spacial score (nSPS) is 10.7. The monoisotopic (exact) mass is 394 g/mol. The first kappa shape index (κ1) is 17.4. The van der Waals surface area contributed by atoms with Gasteiger partial charge in [0.15, 0.2) is 0 Å². The van der Waals surface area contributed by atoms with Crippen molar-refractivity contribution in [3.05, 3.63) is 64.5 Å². The quantitative estimate of drug-likeness (QED) is 0.190. The molecule has 2 nitrogen and oxygen atoms in total. The van der Waals surface area contributed by atoms with Gasteiger partial charge < -0.3 is 4.74 Å². The maximum absolute atomic E-state index is 13.4. The van der Waals surface area contributed by atoms with Gasteiger partial charge in [0.1, 0.15) is 0 Å². The van der Waals surface area contributed by atoms with Crippen LogP contribution in [0.1, 0.15) is 15.9 Å². The molecule has 0 spiro atoms. The highest BCUT2D eigenvalue weighted by atomic mass is 79.9. The number of carbonyl (C=O) groups is 1. The Labute approximate surface area is 136 Å². The van der Waals surface area contributed by atoms with Gasteiger partial charge in [-0.1, -0.05) is 28.1 Å². The van der Waals surface area contributed by atoms with Crippen LogP contribution in [0.3, 0.4) is 0 Å². The topological polar surface area (TPSA) is 26.3 Å². The van der Waals surface area contributed by atoms with E-state index in [0.717, 1.165) is 5.56 Å². The average Bonchev–Trinajstić information content (AvgIpc) is 2.56. The molecule has 0 N–H and O–H groups in total. The van der Waals surface area contributed by atoms with E-state index in [-0.39, 0.29) is 5.56 Å². The number of hydrogen-bond acceptors (Lipinski definition) is 2. The fraction of sp³-hybridized carbons (Fsp3) is 0.133. The third-order valence-electron chi connectivity index (χ3n) is 2.94. The number of rotatable bonds is 4. The molecule has 122 valence electrons. The maximum Gasteiger partial charge on any atom is 0.343 e. The second kappa shape index (κ2) is 7.08. The third kappa shape index (κ3) is 3.52. The van der Waals surface area contributed by atoms with E-state index in [1.807, 2.05) is 0 Å². The van der Waals surface area contributed by atoms with Gasteiger partial charge in [-0.05, 0) is 24.1 Å². The standard InChI is InChI=1S/C15H8BrF5O2/c16-6-5-7-1-3-8(4-2-7)15(22)23-14-12(20)10(18)9(17)11(19)13(14)21/h1-4H,5-6H2. The minimum atomic E-state index is -2.32. The predicted octanol–water partition coefficient (Wildman–Crippen LogP) is 4.54. The van der Waals surface area contributed by atoms with Crippen molar-refractivity contribution in [1.82, 2.24) is 0 Å². The van der Waals surface area contributed by atoms with E-state index >= 15 is 0 Å². The number of halogens is 6. The summed E-state index contributed by atoms with van der Waals surface area (Å²) in [6.07, 6.45) is 0.687. The molecular formula is C15H8BrF5O2. The zero-order valence-corrected chi connectivity index (χ0v) is 12.9. The van der Waals surface area contributed by atoms with Crippen LogP contribution in [0, 0.1) is 29.1 Å². The molecule has 0 bridgehead atoms. The molecular weight excluding hydrogens is 387 g/mol. The number of aryl methyl sites for hydroxylation is 1. The summed E-state index contributed by atoms with van der Waals surface area (Å²) in [6.45, 7) is 0. The second-order valence-corrected chi connectivity index (χ2v) is 5.22. The van der Waals surface area contributed by atoms with Gasteiger partial charge in [0.25, 0.3) is 0 Å². The molecule has 0 aromatic heterocycles. The van der Waals surface area contributed by atoms with Crippen molar-refractivity contribution < 1.29 is 31.5 Å². The number of esters is 1. The van der Waals surface area contributed by atoms with Crippen molar-refractivity contribution in [2.75, 3.05) is 5.33 Å². The fourth-order valence-electron chi connectivity index (χ4n) is 1.74. The van der Waals surface area contributed by atoms with Gasteiger partial charge in [0, 0.05) is 5.33 Å². The summed E-state index contributed by atoms with van der Waals surface area (Å²) in [4.78, 5) is 11.8. The Kier molecular flexibility index (Phi) is 5.35. The highest BCUT2D eigenvalue weighted by Gasteiger charge is 2.28. The van der Waals surface area contributed by atoms with Crippen molar-refractivity contribution >= 4 is 21.9 Å². The lowest BCUT2D eigenvalue weighted by molar-refractivity contribution is 0.0716. The molecule has 0 saturated carbocycles. The Morgan fingerprint density at radius 3 is 1.83 bits per heavy atom. The van der Waals surface area contributed by atoms with Gasteiger partial charge >= 0.3 is 5.97 Å². The molecule has 0 saturated heterocycles. The van der Waals surface area contributed by atoms with Gasteiger partial charge in [0.2, 0.25) is 34.8 Å². The molecule has 0 amide bonds. The highest BCUT2D eigenvalue weighted by Crippen LogP contribution is 2.29. The highest BCUT2D eigenvalue weighted by molar-refractivity contribution is 9.09. The molecule has 0 fully saturated rings. The van der Waals surface area contributed by atoms with Crippen LogP contribution in [-0.2, 0) is 6.42 Å². The molecule has 2 aromatic rings. The minimum absolute atomic E-state index is 0.0905. The third-order valence-corrected chi connectivity index (χ3v) is 3.33. The smallest absolute Gasteiger partial charge is 0.343 e. The Bertz CT molecular complexity index is 718. The van der Waals surface area contributed by atoms with E-state index < -0.39 is 40.8 Å². The first-order chi connectivity index (χ1) is 10.9. The summed E-state index contributed by atoms with van der Waals surface area (Å²) in [5, 5.41) is 0.696. The number of alkyl halides is 1. The molecule has 2 aromatic carbocycles. The van der Waals surface area contributed by atoms with Crippen LogP contribution in [0.15, 0.2) is 24.3 Å². The molecule has 0 aliphatic rings. The van der Waals surface area contributed by atoms with E-state index in [4.69, 9.17) is 0 Å². The van der Waals surface area contributed by atoms with E-state index in [0.29, 0.717) is 11.8 Å². The number of carbonyl (C=O) groups excluding carboxylic acids is 1. The molecule has 23 heavy (non-hydrogen) atoms. The number of ether oxygens (including phenoxy) is 1. The Morgan fingerprint density at radius 2 is 1.35 bits per heavy atom. The van der Waals surface area contributed by atoms with Gasteiger partial charge in [-0.25, -0.2) is 18.0 Å². The van der Waals surface area contributed by atoms with Crippen molar-refractivity contribution in [2.24, 2.45) is 0 Å². The van der Waals surface area contributed by atoms with Gasteiger partial charge in [-0.2, -0.15) is 8.78 Å². The van der Waals surface area contributed by atoms with Crippen LogP contribution in [0.25, 0.3) is 0 Å². The zero-order chi connectivity index (χ0) is 17.1. The van der Waals surface area contributed by atoms with E-state index in [1.165, 1.54) is 12.1 Å². The van der Waals surface area contributed by atoms with Crippen LogP contribution in [0.2, 0.25) is 0 Å². The molecule has 0 atom stereocenters. The van der Waals surface area contributed by atoms with Crippen LogP contribution in [0.5, 0.6) is 5.75 Å². The number of benzene rings is 2. The average molecular weight is 395 g/mol. The van der Waals surface area contributed by atoms with Crippen LogP contribution >= 0.6 is 15.9 Å². The van der Waals surface area contributed by atoms with Gasteiger partial charge in [-0.15, -0.1) is 0 Å². The first-order valence-corrected chi connectivity index (χ1v) is 7.37. The second-order valence-electron chi connectivity index (χ2n) is 4.42. The van der Waals surface area contributed by atoms with E-state index in [2.05, 4.69) is 20.7 Å². The minimum Gasteiger partial charge on any atom is -0.416 e.